The number of nitrogens with one attached hydrogen (secondary N) is 1. The van der Waals surface area contributed by atoms with Crippen LogP contribution in [0.25, 0.3) is 10.9 Å². The highest BCUT2D eigenvalue weighted by molar-refractivity contribution is 6.19. The van der Waals surface area contributed by atoms with Crippen molar-refractivity contribution in [3.8, 4) is 0 Å². The molecule has 1 amide bonds. The largest absolute Gasteiger partial charge is 0.449 e. The summed E-state index contributed by atoms with van der Waals surface area (Å²) in [6.45, 7) is 8.28. The molecule has 1 aromatic heterocycles. The van der Waals surface area contributed by atoms with Gasteiger partial charge in [0.05, 0.1) is 16.5 Å². The molecule has 1 N–H and O–H groups in total. The van der Waals surface area contributed by atoms with Gasteiger partial charge in [-0.25, -0.2) is 9.59 Å². The number of esters is 1. The third-order valence-corrected chi connectivity index (χ3v) is 8.33. The van der Waals surface area contributed by atoms with Crippen LogP contribution in [-0.4, -0.2) is 21.4 Å². The molecule has 0 bridgehead atoms. The number of carbonyl (C=O) groups excluding carboxylic acids is 2. The van der Waals surface area contributed by atoms with Crippen molar-refractivity contribution in [2.24, 2.45) is 0 Å². The summed E-state index contributed by atoms with van der Waals surface area (Å²) >= 11 is 6.79. The first-order valence-corrected chi connectivity index (χ1v) is 15.2. The molecular weight excluding hydrogens is 574 g/mol. The summed E-state index contributed by atoms with van der Waals surface area (Å²) in [6.07, 6.45) is -0.291. The number of ether oxygens (including phenoxy) is 1. The van der Waals surface area contributed by atoms with Crippen LogP contribution < -0.4 is 10.9 Å². The van der Waals surface area contributed by atoms with Gasteiger partial charge >= 0.3 is 12.0 Å². The molecule has 7 nitrogen and oxygen atoms in total. The maximum Gasteiger partial charge on any atom is 0.344 e. The molecule has 0 aliphatic carbocycles. The van der Waals surface area contributed by atoms with Crippen LogP contribution in [0.4, 0.5) is 4.79 Å². The summed E-state index contributed by atoms with van der Waals surface area (Å²) in [7, 11) is 0. The average Bonchev–Trinajstić information content (AvgIpc) is 3.35. The van der Waals surface area contributed by atoms with Gasteiger partial charge in [-0.3, -0.25) is 9.48 Å². The summed E-state index contributed by atoms with van der Waals surface area (Å²) in [4.78, 5) is 41.4. The molecule has 8 heteroatoms. The van der Waals surface area contributed by atoms with E-state index >= 15 is 0 Å². The molecule has 1 heterocycles. The van der Waals surface area contributed by atoms with Gasteiger partial charge in [-0.05, 0) is 59.2 Å². The van der Waals surface area contributed by atoms with E-state index in [0.717, 1.165) is 32.5 Å². The second-order valence-electron chi connectivity index (χ2n) is 11.1. The highest BCUT2D eigenvalue weighted by Gasteiger charge is 2.28. The smallest absolute Gasteiger partial charge is 0.344 e. The number of carbonyl (C=O) groups is 2. The molecule has 0 aliphatic heterocycles. The van der Waals surface area contributed by atoms with Gasteiger partial charge in [-0.1, -0.05) is 117 Å². The number of nitrogens with zero attached hydrogens (tertiary/aromatic N) is 2. The SMILES string of the molecule is CCC(Cl)n1c2c(C(=O)OC(c3ccccc3)c3ccccc3)cccc2c(=O)n1C(=O)NCc1c(C)cccc1C(C)C. The van der Waals surface area contributed by atoms with Crippen molar-refractivity contribution in [2.75, 3.05) is 0 Å². The van der Waals surface area contributed by atoms with Crippen LogP contribution in [0.3, 0.4) is 0 Å². The molecule has 0 saturated heterocycles. The lowest BCUT2D eigenvalue weighted by Crippen LogP contribution is -2.39. The van der Waals surface area contributed by atoms with Crippen LogP contribution in [0.5, 0.6) is 0 Å². The molecule has 1 unspecified atom stereocenters. The van der Waals surface area contributed by atoms with E-state index in [0.29, 0.717) is 6.42 Å². The third kappa shape index (κ3) is 6.06. The Kier molecular flexibility index (Phi) is 9.35. The van der Waals surface area contributed by atoms with Crippen LogP contribution in [0.15, 0.2) is 102 Å². The minimum Gasteiger partial charge on any atom is -0.449 e. The molecule has 0 spiro atoms. The quantitative estimate of drug-likeness (QED) is 0.135. The first-order valence-electron chi connectivity index (χ1n) is 14.8. The maximum absolute atomic E-state index is 13.9. The standard InChI is InChI=1S/C36H36ClN3O4/c1-5-31(37)39-32-28(34(41)40(39)36(43)38-22-30-24(4)14-12-19-27(30)23(2)3)20-13-21-29(32)35(42)44-33(25-15-8-6-9-16-25)26-17-10-7-11-18-26/h6-21,23,31,33H,5,22H2,1-4H3,(H,38,43). The fourth-order valence-electron chi connectivity index (χ4n) is 5.57. The maximum atomic E-state index is 13.9. The van der Waals surface area contributed by atoms with E-state index in [1.165, 1.54) is 4.68 Å². The zero-order valence-corrected chi connectivity index (χ0v) is 26.0. The van der Waals surface area contributed by atoms with Crippen LogP contribution in [0.2, 0.25) is 0 Å². The Bertz CT molecular complexity index is 1810. The van der Waals surface area contributed by atoms with E-state index in [9.17, 15) is 14.4 Å². The van der Waals surface area contributed by atoms with Crippen LogP contribution >= 0.6 is 11.6 Å². The van der Waals surface area contributed by atoms with Crippen molar-refractivity contribution in [1.82, 2.24) is 14.7 Å². The molecule has 5 rings (SSSR count). The van der Waals surface area contributed by atoms with Crippen LogP contribution in [0, 0.1) is 6.92 Å². The Labute approximate surface area is 262 Å². The highest BCUT2D eigenvalue weighted by atomic mass is 35.5. The van der Waals surface area contributed by atoms with Crippen molar-refractivity contribution in [1.29, 1.82) is 0 Å². The molecule has 226 valence electrons. The number of aromatic nitrogens is 2. The Morgan fingerprint density at radius 2 is 1.48 bits per heavy atom. The van der Waals surface area contributed by atoms with E-state index in [2.05, 4.69) is 19.2 Å². The summed E-state index contributed by atoms with van der Waals surface area (Å²) in [6, 6.07) is 29.1. The van der Waals surface area contributed by atoms with Gasteiger partial charge in [0, 0.05) is 6.54 Å². The number of halogens is 1. The monoisotopic (exact) mass is 609 g/mol. The number of amides is 1. The van der Waals surface area contributed by atoms with E-state index < -0.39 is 29.2 Å². The lowest BCUT2D eigenvalue weighted by molar-refractivity contribution is 0.0379. The Balaban J connectivity index is 1.56. The van der Waals surface area contributed by atoms with Crippen molar-refractivity contribution >= 4 is 34.5 Å². The van der Waals surface area contributed by atoms with Crippen LogP contribution in [-0.2, 0) is 11.3 Å². The lowest BCUT2D eigenvalue weighted by atomic mass is 9.94. The van der Waals surface area contributed by atoms with Crippen LogP contribution in [0.1, 0.15) is 82.9 Å². The Morgan fingerprint density at radius 1 is 0.864 bits per heavy atom. The number of rotatable bonds is 9. The number of hydrogen-bond acceptors (Lipinski definition) is 4. The molecule has 44 heavy (non-hydrogen) atoms. The van der Waals surface area contributed by atoms with Gasteiger partial charge in [-0.15, -0.1) is 0 Å². The van der Waals surface area contributed by atoms with E-state index in [1.807, 2.05) is 92.7 Å². The Morgan fingerprint density at radius 3 is 2.07 bits per heavy atom. The molecule has 0 radical (unpaired) electrons. The average molecular weight is 610 g/mol. The van der Waals surface area contributed by atoms with Gasteiger partial charge in [0.1, 0.15) is 5.50 Å². The predicted molar refractivity (Wildman–Crippen MR) is 174 cm³/mol. The zero-order chi connectivity index (χ0) is 31.4. The topological polar surface area (TPSA) is 82.3 Å². The summed E-state index contributed by atoms with van der Waals surface area (Å²) in [5.74, 6) is -0.381. The number of hydrogen-bond donors (Lipinski definition) is 1. The Hall–Kier alpha value is -4.62. The fraction of sp³-hybridized carbons (Fsp3) is 0.250. The summed E-state index contributed by atoms with van der Waals surface area (Å²) in [5, 5.41) is 3.12. The first kappa shape index (κ1) is 30.8. The minimum absolute atomic E-state index is 0.142. The van der Waals surface area contributed by atoms with Gasteiger partial charge in [-0.2, -0.15) is 4.68 Å². The van der Waals surface area contributed by atoms with Crippen molar-refractivity contribution in [3.63, 3.8) is 0 Å². The number of aryl methyl sites for hydroxylation is 1. The van der Waals surface area contributed by atoms with Crippen molar-refractivity contribution in [3.05, 3.63) is 141 Å². The predicted octanol–water partition coefficient (Wildman–Crippen LogP) is 8.09. The zero-order valence-electron chi connectivity index (χ0n) is 25.3. The van der Waals surface area contributed by atoms with Gasteiger partial charge < -0.3 is 10.1 Å². The van der Waals surface area contributed by atoms with Gasteiger partial charge in [0.2, 0.25) is 0 Å². The van der Waals surface area contributed by atoms with Crippen molar-refractivity contribution in [2.45, 2.75) is 58.2 Å². The second kappa shape index (κ2) is 13.3. The first-order chi connectivity index (χ1) is 21.2. The van der Waals surface area contributed by atoms with Gasteiger partial charge in [0.15, 0.2) is 6.10 Å². The van der Waals surface area contributed by atoms with Gasteiger partial charge in [0.25, 0.3) is 5.56 Å². The number of fused-ring (bicyclic) bond motifs is 1. The third-order valence-electron chi connectivity index (χ3n) is 7.83. The summed E-state index contributed by atoms with van der Waals surface area (Å²) < 4.78 is 8.55. The molecular formula is C36H36ClN3O4. The van der Waals surface area contributed by atoms with E-state index in [1.54, 1.807) is 18.2 Å². The highest BCUT2D eigenvalue weighted by Crippen LogP contribution is 2.30. The molecule has 5 aromatic rings. The van der Waals surface area contributed by atoms with E-state index in [4.69, 9.17) is 16.3 Å². The summed E-state index contributed by atoms with van der Waals surface area (Å²) in [5.41, 5.74) is 3.81. The molecule has 1 atom stereocenters. The van der Waals surface area contributed by atoms with E-state index in [-0.39, 0.29) is 28.9 Å². The molecule has 0 fully saturated rings. The molecule has 0 aliphatic rings. The number of benzene rings is 4. The fourth-order valence-corrected chi connectivity index (χ4v) is 5.75. The second-order valence-corrected chi connectivity index (χ2v) is 11.6. The number of para-hydroxylation sites is 1. The van der Waals surface area contributed by atoms with Crippen molar-refractivity contribution < 1.29 is 14.3 Å². The lowest BCUT2D eigenvalue weighted by Gasteiger charge is -2.21. The minimum atomic E-state index is -0.788. The normalized spacial score (nSPS) is 12.1. The molecule has 0 saturated carbocycles. The molecule has 4 aromatic carbocycles. The number of alkyl halides is 1.